The zero-order valence-electron chi connectivity index (χ0n) is 14.6. The molecule has 0 radical (unpaired) electrons. The summed E-state index contributed by atoms with van der Waals surface area (Å²) in [6.45, 7) is 1.77. The Morgan fingerprint density at radius 1 is 1.08 bits per heavy atom. The van der Waals surface area contributed by atoms with Gasteiger partial charge in [0, 0.05) is 18.3 Å². The molecule has 0 bridgehead atoms. The minimum atomic E-state index is -0.621. The van der Waals surface area contributed by atoms with Crippen molar-refractivity contribution in [1.29, 1.82) is 0 Å². The number of anilines is 1. The number of likely N-dealkylation sites (N-methyl/N-ethyl adjacent to an activating group) is 1. The number of ether oxygens (including phenoxy) is 2. The van der Waals surface area contributed by atoms with Crippen LogP contribution in [0.25, 0.3) is 6.08 Å². The number of amides is 1. The summed E-state index contributed by atoms with van der Waals surface area (Å²) in [5.74, 6) is -0.669. The monoisotopic (exact) mass is 357 g/mol. The highest BCUT2D eigenvalue weighted by Gasteiger charge is 2.15. The predicted octanol–water partition coefficient (Wildman–Crippen LogP) is 3.44. The van der Waals surface area contributed by atoms with Gasteiger partial charge in [-0.2, -0.15) is 0 Å². The largest absolute Gasteiger partial charge is 0.497 e. The number of halogens is 1. The SMILES string of the molecule is CCN(C(=O)COC(=O)/C=C/c1ccc(OC)cc1)c1ccc(F)cc1. The first kappa shape index (κ1) is 19.2. The fourth-order valence-corrected chi connectivity index (χ4v) is 2.26. The highest BCUT2D eigenvalue weighted by molar-refractivity contribution is 5.96. The zero-order chi connectivity index (χ0) is 18.9. The highest BCUT2D eigenvalue weighted by atomic mass is 19.1. The Bertz CT molecular complexity index is 769. The zero-order valence-corrected chi connectivity index (χ0v) is 14.6. The Kier molecular flexibility index (Phi) is 6.91. The summed E-state index contributed by atoms with van der Waals surface area (Å²) in [5, 5.41) is 0. The van der Waals surface area contributed by atoms with Crippen molar-refractivity contribution in [2.75, 3.05) is 25.2 Å². The Morgan fingerprint density at radius 3 is 2.31 bits per heavy atom. The number of benzene rings is 2. The summed E-state index contributed by atoms with van der Waals surface area (Å²) in [4.78, 5) is 25.4. The maximum atomic E-state index is 13.0. The summed E-state index contributed by atoms with van der Waals surface area (Å²) >= 11 is 0. The maximum absolute atomic E-state index is 13.0. The third kappa shape index (κ3) is 5.44. The Labute approximate surface area is 151 Å². The molecule has 2 aromatic carbocycles. The van der Waals surface area contributed by atoms with E-state index in [2.05, 4.69) is 0 Å². The molecule has 1 amide bonds. The smallest absolute Gasteiger partial charge is 0.331 e. The van der Waals surface area contributed by atoms with Gasteiger partial charge >= 0.3 is 5.97 Å². The van der Waals surface area contributed by atoms with Crippen LogP contribution in [0.3, 0.4) is 0 Å². The van der Waals surface area contributed by atoms with Crippen LogP contribution in [-0.2, 0) is 14.3 Å². The minimum absolute atomic E-state index is 0.379. The summed E-state index contributed by atoms with van der Waals surface area (Å²) in [7, 11) is 1.57. The van der Waals surface area contributed by atoms with Gasteiger partial charge < -0.3 is 14.4 Å². The molecule has 0 aliphatic heterocycles. The molecule has 2 aromatic rings. The quantitative estimate of drug-likeness (QED) is 0.563. The van der Waals surface area contributed by atoms with Crippen LogP contribution in [0.1, 0.15) is 12.5 Å². The molecular formula is C20H20FNO4. The second-order valence-corrected chi connectivity index (χ2v) is 5.33. The van der Waals surface area contributed by atoms with E-state index in [1.54, 1.807) is 44.4 Å². The number of nitrogens with zero attached hydrogens (tertiary/aromatic N) is 1. The van der Waals surface area contributed by atoms with Gasteiger partial charge in [0.25, 0.3) is 5.91 Å². The third-order valence-corrected chi connectivity index (χ3v) is 3.62. The van der Waals surface area contributed by atoms with Crippen molar-refractivity contribution in [1.82, 2.24) is 0 Å². The number of hydrogen-bond donors (Lipinski definition) is 0. The minimum Gasteiger partial charge on any atom is -0.497 e. The average Bonchev–Trinajstić information content (AvgIpc) is 2.67. The van der Waals surface area contributed by atoms with Gasteiger partial charge in [0.1, 0.15) is 11.6 Å². The number of methoxy groups -OCH3 is 1. The van der Waals surface area contributed by atoms with Crippen molar-refractivity contribution in [2.24, 2.45) is 0 Å². The van der Waals surface area contributed by atoms with Crippen LogP contribution in [0.4, 0.5) is 10.1 Å². The lowest BCUT2D eigenvalue weighted by atomic mass is 10.2. The van der Waals surface area contributed by atoms with Crippen LogP contribution in [0.15, 0.2) is 54.6 Å². The van der Waals surface area contributed by atoms with Crippen LogP contribution < -0.4 is 9.64 Å². The van der Waals surface area contributed by atoms with Gasteiger partial charge in [0.05, 0.1) is 7.11 Å². The van der Waals surface area contributed by atoms with Crippen molar-refractivity contribution in [3.05, 3.63) is 66.0 Å². The molecule has 0 N–H and O–H groups in total. The van der Waals surface area contributed by atoms with Crippen molar-refractivity contribution < 1.29 is 23.5 Å². The molecule has 0 saturated heterocycles. The number of carbonyl (C=O) groups excluding carboxylic acids is 2. The van der Waals surface area contributed by atoms with E-state index in [1.165, 1.54) is 35.2 Å². The lowest BCUT2D eigenvalue weighted by Gasteiger charge is -2.20. The van der Waals surface area contributed by atoms with Crippen LogP contribution in [-0.4, -0.2) is 32.1 Å². The Balaban J connectivity index is 1.89. The molecule has 6 heteroatoms. The summed E-state index contributed by atoms with van der Waals surface area (Å²) in [5.41, 5.74) is 1.35. The van der Waals surface area contributed by atoms with Gasteiger partial charge in [-0.3, -0.25) is 4.79 Å². The summed E-state index contributed by atoms with van der Waals surface area (Å²) in [6.07, 6.45) is 2.84. The standard InChI is InChI=1S/C20H20FNO4/c1-3-22(17-9-7-16(21)8-10-17)19(23)14-26-20(24)13-6-15-4-11-18(25-2)12-5-15/h4-13H,3,14H2,1-2H3/b13-6+. The van der Waals surface area contributed by atoms with Crippen molar-refractivity contribution in [3.8, 4) is 5.75 Å². The molecule has 0 atom stereocenters. The number of esters is 1. The molecule has 2 rings (SSSR count). The lowest BCUT2D eigenvalue weighted by Crippen LogP contribution is -2.34. The van der Waals surface area contributed by atoms with E-state index in [0.29, 0.717) is 12.2 Å². The fourth-order valence-electron chi connectivity index (χ4n) is 2.26. The van der Waals surface area contributed by atoms with Gasteiger partial charge in [-0.15, -0.1) is 0 Å². The van der Waals surface area contributed by atoms with Crippen molar-refractivity contribution in [3.63, 3.8) is 0 Å². The van der Waals surface area contributed by atoms with Gasteiger partial charge in [-0.1, -0.05) is 12.1 Å². The molecule has 0 fully saturated rings. The van der Waals surface area contributed by atoms with Gasteiger partial charge in [-0.25, -0.2) is 9.18 Å². The summed E-state index contributed by atoms with van der Waals surface area (Å²) in [6, 6.07) is 12.7. The lowest BCUT2D eigenvalue weighted by molar-refractivity contribution is -0.142. The first-order valence-corrected chi connectivity index (χ1v) is 8.08. The maximum Gasteiger partial charge on any atom is 0.331 e. The van der Waals surface area contributed by atoms with Crippen LogP contribution >= 0.6 is 0 Å². The molecule has 0 spiro atoms. The second-order valence-electron chi connectivity index (χ2n) is 5.33. The molecule has 0 unspecified atom stereocenters. The van der Waals surface area contributed by atoms with E-state index in [1.807, 2.05) is 0 Å². The molecule has 0 aliphatic rings. The average molecular weight is 357 g/mol. The molecular weight excluding hydrogens is 337 g/mol. The molecule has 26 heavy (non-hydrogen) atoms. The Hall–Kier alpha value is -3.15. The van der Waals surface area contributed by atoms with E-state index >= 15 is 0 Å². The molecule has 0 aromatic heterocycles. The first-order chi connectivity index (χ1) is 12.5. The normalized spacial score (nSPS) is 10.6. The highest BCUT2D eigenvalue weighted by Crippen LogP contribution is 2.15. The predicted molar refractivity (Wildman–Crippen MR) is 97.4 cm³/mol. The van der Waals surface area contributed by atoms with Crippen LogP contribution in [0.5, 0.6) is 5.75 Å². The second kappa shape index (κ2) is 9.36. The molecule has 136 valence electrons. The van der Waals surface area contributed by atoms with Gasteiger partial charge in [0.2, 0.25) is 0 Å². The molecule has 0 saturated carbocycles. The topological polar surface area (TPSA) is 55.8 Å². The van der Waals surface area contributed by atoms with Gasteiger partial charge in [-0.05, 0) is 55.0 Å². The van der Waals surface area contributed by atoms with E-state index in [9.17, 15) is 14.0 Å². The number of rotatable bonds is 7. The van der Waals surface area contributed by atoms with E-state index in [-0.39, 0.29) is 11.7 Å². The first-order valence-electron chi connectivity index (χ1n) is 8.08. The fraction of sp³-hybridized carbons (Fsp3) is 0.200. The molecule has 5 nitrogen and oxygen atoms in total. The van der Waals surface area contributed by atoms with E-state index in [0.717, 1.165) is 11.3 Å². The van der Waals surface area contributed by atoms with E-state index in [4.69, 9.17) is 9.47 Å². The molecule has 0 aliphatic carbocycles. The van der Waals surface area contributed by atoms with Crippen LogP contribution in [0, 0.1) is 5.82 Å². The van der Waals surface area contributed by atoms with Crippen LogP contribution in [0.2, 0.25) is 0 Å². The Morgan fingerprint density at radius 2 is 1.73 bits per heavy atom. The van der Waals surface area contributed by atoms with Gasteiger partial charge in [0.15, 0.2) is 6.61 Å². The number of hydrogen-bond acceptors (Lipinski definition) is 4. The van der Waals surface area contributed by atoms with Crippen molar-refractivity contribution in [2.45, 2.75) is 6.92 Å². The summed E-state index contributed by atoms with van der Waals surface area (Å²) < 4.78 is 23.0. The third-order valence-electron chi connectivity index (χ3n) is 3.62. The van der Waals surface area contributed by atoms with E-state index < -0.39 is 12.6 Å². The van der Waals surface area contributed by atoms with Crippen molar-refractivity contribution >= 4 is 23.6 Å². The number of carbonyl (C=O) groups is 2. The molecule has 0 heterocycles.